The number of aryl methyl sites for hydroxylation is 2. The number of aromatic nitrogens is 2. The number of rotatable bonds is 9. The van der Waals surface area contributed by atoms with Crippen LogP contribution in [-0.2, 0) is 35.5 Å². The Labute approximate surface area is 208 Å². The van der Waals surface area contributed by atoms with Crippen LogP contribution in [0.25, 0.3) is 10.2 Å². The molecule has 9 heteroatoms. The molecule has 0 bridgehead atoms. The Balaban J connectivity index is 1.63. The molecule has 2 aromatic heterocycles. The zero-order valence-electron chi connectivity index (χ0n) is 20.6. The highest BCUT2D eigenvalue weighted by atomic mass is 32.1. The normalized spacial score (nSPS) is 13.1. The summed E-state index contributed by atoms with van der Waals surface area (Å²) < 4.78 is 6.53. The predicted octanol–water partition coefficient (Wildman–Crippen LogP) is 3.99. The summed E-state index contributed by atoms with van der Waals surface area (Å²) in [4.78, 5) is 47.7. The number of thiophene rings is 1. The summed E-state index contributed by atoms with van der Waals surface area (Å²) in [5, 5.41) is 3.52. The van der Waals surface area contributed by atoms with Crippen molar-refractivity contribution in [2.45, 2.75) is 59.5 Å². The minimum atomic E-state index is -0.406. The van der Waals surface area contributed by atoms with Crippen LogP contribution in [0.4, 0.5) is 5.69 Å². The maximum Gasteiger partial charge on any atom is 0.338 e. The van der Waals surface area contributed by atoms with E-state index in [-0.39, 0.29) is 18.0 Å². The number of ether oxygens (including phenoxy) is 1. The number of benzene rings is 1. The van der Waals surface area contributed by atoms with E-state index in [1.165, 1.54) is 9.44 Å². The van der Waals surface area contributed by atoms with Crippen molar-refractivity contribution in [3.63, 3.8) is 0 Å². The largest absolute Gasteiger partial charge is 0.462 e. The van der Waals surface area contributed by atoms with Gasteiger partial charge in [0.1, 0.15) is 17.2 Å². The van der Waals surface area contributed by atoms with Crippen LogP contribution in [0, 0.1) is 0 Å². The van der Waals surface area contributed by atoms with Crippen molar-refractivity contribution in [1.82, 2.24) is 14.5 Å². The van der Waals surface area contributed by atoms with Crippen molar-refractivity contribution < 1.29 is 14.3 Å². The molecular weight excluding hydrogens is 464 g/mol. The second-order valence-corrected chi connectivity index (χ2v) is 9.70. The van der Waals surface area contributed by atoms with E-state index in [4.69, 9.17) is 9.72 Å². The minimum absolute atomic E-state index is 0.122. The van der Waals surface area contributed by atoms with Gasteiger partial charge in [-0.3, -0.25) is 19.1 Å². The number of esters is 1. The van der Waals surface area contributed by atoms with Crippen LogP contribution in [0.2, 0.25) is 0 Å². The third-order valence-electron chi connectivity index (χ3n) is 6.39. The lowest BCUT2D eigenvalue weighted by Gasteiger charge is -2.20. The summed E-state index contributed by atoms with van der Waals surface area (Å²) in [5.41, 5.74) is 1.94. The number of nitrogens with one attached hydrogen (secondary N) is 1. The maximum absolute atomic E-state index is 13.7. The van der Waals surface area contributed by atoms with Gasteiger partial charge in [-0.1, -0.05) is 13.8 Å². The first-order chi connectivity index (χ1) is 16.9. The van der Waals surface area contributed by atoms with Gasteiger partial charge in [0.2, 0.25) is 5.91 Å². The van der Waals surface area contributed by atoms with E-state index in [1.54, 1.807) is 42.5 Å². The Morgan fingerprint density at radius 2 is 1.83 bits per heavy atom. The molecular formula is C26H32N4O4S. The zero-order valence-corrected chi connectivity index (χ0v) is 21.4. The molecule has 0 spiro atoms. The van der Waals surface area contributed by atoms with Crippen molar-refractivity contribution in [2.75, 3.05) is 25.0 Å². The van der Waals surface area contributed by atoms with E-state index >= 15 is 0 Å². The molecule has 1 aromatic carbocycles. The topological polar surface area (TPSA) is 93.5 Å². The van der Waals surface area contributed by atoms with Crippen LogP contribution < -0.4 is 10.9 Å². The van der Waals surface area contributed by atoms with Crippen molar-refractivity contribution >= 4 is 39.1 Å². The molecule has 3 aromatic rings. The van der Waals surface area contributed by atoms with E-state index in [0.717, 1.165) is 49.2 Å². The molecule has 8 nitrogen and oxygen atoms in total. The molecule has 4 rings (SSSR count). The maximum atomic E-state index is 13.7. The lowest BCUT2D eigenvalue weighted by molar-refractivity contribution is -0.116. The number of amides is 1. The van der Waals surface area contributed by atoms with Gasteiger partial charge in [-0.05, 0) is 75.5 Å². The summed E-state index contributed by atoms with van der Waals surface area (Å²) in [6.07, 6.45) is 4.09. The molecule has 0 saturated heterocycles. The molecule has 1 aliphatic rings. The van der Waals surface area contributed by atoms with E-state index in [2.05, 4.69) is 24.1 Å². The van der Waals surface area contributed by atoms with Crippen LogP contribution in [-0.4, -0.2) is 46.0 Å². The first kappa shape index (κ1) is 25.1. The molecule has 35 heavy (non-hydrogen) atoms. The number of carbonyl (C=O) groups excluding carboxylic acids is 2. The molecule has 0 radical (unpaired) electrons. The van der Waals surface area contributed by atoms with E-state index in [1.807, 2.05) is 0 Å². The number of hydrogen-bond donors (Lipinski definition) is 1. The van der Waals surface area contributed by atoms with E-state index in [9.17, 15) is 14.4 Å². The molecule has 1 aliphatic carbocycles. The van der Waals surface area contributed by atoms with Crippen LogP contribution in [0.1, 0.15) is 60.2 Å². The van der Waals surface area contributed by atoms with Crippen LogP contribution in [0.15, 0.2) is 29.1 Å². The van der Waals surface area contributed by atoms with Crippen molar-refractivity contribution in [3.8, 4) is 0 Å². The molecule has 1 amide bonds. The average Bonchev–Trinajstić information content (AvgIpc) is 3.23. The summed E-state index contributed by atoms with van der Waals surface area (Å²) >= 11 is 1.63. The molecule has 0 unspecified atom stereocenters. The van der Waals surface area contributed by atoms with Crippen LogP contribution >= 0.6 is 11.3 Å². The van der Waals surface area contributed by atoms with Gasteiger partial charge in [-0.2, -0.15) is 0 Å². The molecule has 2 heterocycles. The lowest BCUT2D eigenvalue weighted by atomic mass is 9.97. The highest BCUT2D eigenvalue weighted by molar-refractivity contribution is 7.18. The van der Waals surface area contributed by atoms with Gasteiger partial charge in [-0.15, -0.1) is 11.3 Å². The smallest absolute Gasteiger partial charge is 0.338 e. The fourth-order valence-electron chi connectivity index (χ4n) is 4.46. The third kappa shape index (κ3) is 5.46. The Morgan fingerprint density at radius 3 is 2.51 bits per heavy atom. The van der Waals surface area contributed by atoms with Gasteiger partial charge in [-0.25, -0.2) is 9.78 Å². The standard InChI is InChI=1S/C26H32N4O4S/c1-4-29(5-2)15-21-28-24-23(19-9-7-8-10-20(19)35-24)25(32)30(21)16-22(31)27-18-13-11-17(12-14-18)26(33)34-6-3/h11-14H,4-10,15-16H2,1-3H3,(H,27,31). The Bertz CT molecular complexity index is 1280. The number of fused-ring (bicyclic) bond motifs is 3. The number of hydrogen-bond acceptors (Lipinski definition) is 7. The van der Waals surface area contributed by atoms with Gasteiger partial charge >= 0.3 is 5.97 Å². The Hall–Kier alpha value is -3.04. The number of carbonyl (C=O) groups is 2. The molecule has 0 atom stereocenters. The summed E-state index contributed by atoms with van der Waals surface area (Å²) in [6, 6.07) is 6.52. The van der Waals surface area contributed by atoms with Gasteiger partial charge in [0.05, 0.1) is 24.1 Å². The van der Waals surface area contributed by atoms with Crippen molar-refractivity contribution in [1.29, 1.82) is 0 Å². The SMILES string of the molecule is CCOC(=O)c1ccc(NC(=O)Cn2c(CN(CC)CC)nc3sc4c(c3c2=O)CCCC4)cc1. The molecule has 0 fully saturated rings. The fraction of sp³-hybridized carbons (Fsp3) is 0.462. The number of nitrogens with zero attached hydrogens (tertiary/aromatic N) is 3. The predicted molar refractivity (Wildman–Crippen MR) is 138 cm³/mol. The van der Waals surface area contributed by atoms with Gasteiger partial charge in [0.25, 0.3) is 5.56 Å². The second kappa shape index (κ2) is 11.1. The highest BCUT2D eigenvalue weighted by Gasteiger charge is 2.23. The fourth-order valence-corrected chi connectivity index (χ4v) is 5.73. The average molecular weight is 497 g/mol. The van der Waals surface area contributed by atoms with Crippen molar-refractivity contribution in [3.05, 3.63) is 56.4 Å². The quantitative estimate of drug-likeness (QED) is 0.450. The molecule has 1 N–H and O–H groups in total. The first-order valence-electron chi connectivity index (χ1n) is 12.3. The monoisotopic (exact) mass is 496 g/mol. The highest BCUT2D eigenvalue weighted by Crippen LogP contribution is 2.33. The minimum Gasteiger partial charge on any atom is -0.462 e. The lowest BCUT2D eigenvalue weighted by Crippen LogP contribution is -2.34. The first-order valence-corrected chi connectivity index (χ1v) is 13.1. The summed E-state index contributed by atoms with van der Waals surface area (Å²) in [7, 11) is 0. The van der Waals surface area contributed by atoms with Crippen molar-refractivity contribution in [2.24, 2.45) is 0 Å². The Morgan fingerprint density at radius 1 is 1.11 bits per heavy atom. The second-order valence-electron chi connectivity index (χ2n) is 8.62. The number of anilines is 1. The molecule has 186 valence electrons. The van der Waals surface area contributed by atoms with Gasteiger partial charge < -0.3 is 10.1 Å². The van der Waals surface area contributed by atoms with Crippen LogP contribution in [0.3, 0.4) is 0 Å². The van der Waals surface area contributed by atoms with E-state index in [0.29, 0.717) is 35.6 Å². The zero-order chi connectivity index (χ0) is 24.9. The Kier molecular flexibility index (Phi) is 7.97. The van der Waals surface area contributed by atoms with E-state index < -0.39 is 5.97 Å². The van der Waals surface area contributed by atoms with Gasteiger partial charge in [0.15, 0.2) is 0 Å². The third-order valence-corrected chi connectivity index (χ3v) is 7.58. The van der Waals surface area contributed by atoms with Gasteiger partial charge in [0, 0.05) is 10.6 Å². The summed E-state index contributed by atoms with van der Waals surface area (Å²) in [6.45, 7) is 8.22. The molecule has 0 aliphatic heterocycles. The summed E-state index contributed by atoms with van der Waals surface area (Å²) in [5.74, 6) is -0.115. The van der Waals surface area contributed by atoms with Crippen LogP contribution in [0.5, 0.6) is 0 Å². The molecule has 0 saturated carbocycles.